The van der Waals surface area contributed by atoms with Gasteiger partial charge in [0.2, 0.25) is 0 Å². The summed E-state index contributed by atoms with van der Waals surface area (Å²) in [6.07, 6.45) is 3.41. The normalized spacial score (nSPS) is 16.4. The lowest BCUT2D eigenvalue weighted by molar-refractivity contribution is -0.122. The molecule has 0 bridgehead atoms. The molecule has 1 aliphatic rings. The van der Waals surface area contributed by atoms with Gasteiger partial charge in [-0.3, -0.25) is 9.69 Å². The number of ether oxygens (including phenoxy) is 1. The average Bonchev–Trinajstić information content (AvgIpc) is 3.12. The van der Waals surface area contributed by atoms with Crippen LogP contribution in [0, 0.1) is 0 Å². The summed E-state index contributed by atoms with van der Waals surface area (Å²) in [6.45, 7) is 0.349. The second-order valence-corrected chi connectivity index (χ2v) is 7.27. The molecule has 1 saturated heterocycles. The molecular weight excluding hydrogens is 398 g/mol. The van der Waals surface area contributed by atoms with E-state index in [9.17, 15) is 4.79 Å². The van der Waals surface area contributed by atoms with E-state index >= 15 is 0 Å². The maximum absolute atomic E-state index is 12.5. The standard InChI is InChI=1S/C16H12BrNO3S2/c1-20-13-5-4-10(7-12(13)17)8-14-15(19)18(16(22)23-14)9-11-3-2-6-21-11/h2-8H,9H2,1H3/b14-8-. The van der Waals surface area contributed by atoms with Gasteiger partial charge in [0.25, 0.3) is 5.91 Å². The van der Waals surface area contributed by atoms with Crippen molar-refractivity contribution in [1.29, 1.82) is 0 Å². The monoisotopic (exact) mass is 409 g/mol. The SMILES string of the molecule is COc1ccc(/C=C2\SC(=S)N(Cc3ccco3)C2=O)cc1Br. The van der Waals surface area contributed by atoms with Gasteiger partial charge >= 0.3 is 0 Å². The fourth-order valence-electron chi connectivity index (χ4n) is 2.12. The number of benzene rings is 1. The van der Waals surface area contributed by atoms with Gasteiger partial charge in [-0.1, -0.05) is 30.0 Å². The number of nitrogens with zero attached hydrogens (tertiary/aromatic N) is 1. The minimum absolute atomic E-state index is 0.108. The van der Waals surface area contributed by atoms with Crippen LogP contribution in [-0.2, 0) is 11.3 Å². The summed E-state index contributed by atoms with van der Waals surface area (Å²) in [5.41, 5.74) is 0.899. The predicted octanol–water partition coefficient (Wildman–Crippen LogP) is 4.45. The van der Waals surface area contributed by atoms with Gasteiger partial charge in [0.05, 0.1) is 29.3 Å². The van der Waals surface area contributed by atoms with Crippen LogP contribution in [0.5, 0.6) is 5.75 Å². The van der Waals surface area contributed by atoms with Gasteiger partial charge in [-0.25, -0.2) is 0 Å². The Morgan fingerprint density at radius 2 is 2.26 bits per heavy atom. The molecule has 1 fully saturated rings. The molecule has 2 heterocycles. The average molecular weight is 410 g/mol. The van der Waals surface area contributed by atoms with E-state index in [1.807, 2.05) is 30.3 Å². The van der Waals surface area contributed by atoms with Crippen LogP contribution >= 0.6 is 39.9 Å². The third-order valence-corrected chi connectivity index (χ3v) is 5.24. The molecule has 23 heavy (non-hydrogen) atoms. The van der Waals surface area contributed by atoms with E-state index in [2.05, 4.69) is 15.9 Å². The molecule has 2 aromatic rings. The first kappa shape index (κ1) is 16.3. The summed E-state index contributed by atoms with van der Waals surface area (Å²) in [6, 6.07) is 9.25. The lowest BCUT2D eigenvalue weighted by Gasteiger charge is -2.12. The lowest BCUT2D eigenvalue weighted by Crippen LogP contribution is -2.27. The number of carbonyl (C=O) groups excluding carboxylic acids is 1. The Bertz CT molecular complexity index is 787. The van der Waals surface area contributed by atoms with E-state index in [0.29, 0.717) is 21.5 Å². The minimum Gasteiger partial charge on any atom is -0.496 e. The highest BCUT2D eigenvalue weighted by Gasteiger charge is 2.32. The molecule has 7 heteroatoms. The number of hydrogen-bond donors (Lipinski definition) is 0. The van der Waals surface area contributed by atoms with Gasteiger partial charge in [0.15, 0.2) is 0 Å². The second-order valence-electron chi connectivity index (χ2n) is 4.74. The Kier molecular flexibility index (Phi) is 4.89. The molecule has 1 aromatic carbocycles. The van der Waals surface area contributed by atoms with Crippen molar-refractivity contribution in [3.05, 3.63) is 57.3 Å². The number of thioether (sulfide) groups is 1. The second kappa shape index (κ2) is 6.90. The number of halogens is 1. The molecular formula is C16H12BrNO3S2. The van der Waals surface area contributed by atoms with E-state index in [1.165, 1.54) is 11.8 Å². The van der Waals surface area contributed by atoms with Crippen LogP contribution in [0.4, 0.5) is 0 Å². The van der Waals surface area contributed by atoms with E-state index in [0.717, 1.165) is 15.8 Å². The molecule has 1 aliphatic heterocycles. The Balaban J connectivity index is 1.82. The molecule has 0 unspecified atom stereocenters. The molecule has 1 aromatic heterocycles. The number of carbonyl (C=O) groups is 1. The van der Waals surface area contributed by atoms with Crippen LogP contribution in [0.15, 0.2) is 50.4 Å². The number of thiocarbonyl (C=S) groups is 1. The Hall–Kier alpha value is -1.57. The summed E-state index contributed by atoms with van der Waals surface area (Å²) in [4.78, 5) is 14.7. The van der Waals surface area contributed by atoms with Gasteiger partial charge in [-0.2, -0.15) is 0 Å². The first-order chi connectivity index (χ1) is 11.1. The molecule has 0 N–H and O–H groups in total. The van der Waals surface area contributed by atoms with Crippen molar-refractivity contribution in [2.45, 2.75) is 6.54 Å². The molecule has 0 spiro atoms. The van der Waals surface area contributed by atoms with Crippen LogP contribution in [0.1, 0.15) is 11.3 Å². The summed E-state index contributed by atoms with van der Waals surface area (Å²) >= 11 is 10.0. The zero-order valence-electron chi connectivity index (χ0n) is 12.1. The highest BCUT2D eigenvalue weighted by molar-refractivity contribution is 9.10. The van der Waals surface area contributed by atoms with Gasteiger partial charge in [-0.15, -0.1) is 0 Å². The van der Waals surface area contributed by atoms with E-state index < -0.39 is 0 Å². The first-order valence-electron chi connectivity index (χ1n) is 6.70. The summed E-state index contributed by atoms with van der Waals surface area (Å²) in [5, 5.41) is 0. The quantitative estimate of drug-likeness (QED) is 0.550. The Morgan fingerprint density at radius 1 is 1.43 bits per heavy atom. The molecule has 0 aliphatic carbocycles. The van der Waals surface area contributed by atoms with E-state index in [1.54, 1.807) is 24.3 Å². The van der Waals surface area contributed by atoms with Crippen molar-refractivity contribution in [2.75, 3.05) is 7.11 Å². The highest BCUT2D eigenvalue weighted by Crippen LogP contribution is 2.34. The van der Waals surface area contributed by atoms with Gasteiger partial charge < -0.3 is 9.15 Å². The Morgan fingerprint density at radius 3 is 2.91 bits per heavy atom. The summed E-state index contributed by atoms with van der Waals surface area (Å²) in [5.74, 6) is 1.34. The molecule has 3 rings (SSSR count). The topological polar surface area (TPSA) is 42.7 Å². The molecule has 4 nitrogen and oxygen atoms in total. The number of furan rings is 1. The maximum atomic E-state index is 12.5. The van der Waals surface area contributed by atoms with Crippen molar-refractivity contribution in [2.24, 2.45) is 0 Å². The fourth-order valence-corrected chi connectivity index (χ4v) is 3.93. The van der Waals surface area contributed by atoms with Crippen molar-refractivity contribution in [1.82, 2.24) is 4.90 Å². The lowest BCUT2D eigenvalue weighted by atomic mass is 10.2. The van der Waals surface area contributed by atoms with Gasteiger partial charge in [-0.05, 0) is 51.8 Å². The van der Waals surface area contributed by atoms with Crippen LogP contribution in [-0.4, -0.2) is 22.2 Å². The zero-order chi connectivity index (χ0) is 16.4. The van der Waals surface area contributed by atoms with E-state index in [4.69, 9.17) is 21.4 Å². The van der Waals surface area contributed by atoms with Crippen molar-refractivity contribution < 1.29 is 13.9 Å². The molecule has 118 valence electrons. The number of methoxy groups -OCH3 is 1. The Labute approximate surface area is 151 Å². The third-order valence-electron chi connectivity index (χ3n) is 3.24. The number of hydrogen-bond acceptors (Lipinski definition) is 5. The first-order valence-corrected chi connectivity index (χ1v) is 8.71. The zero-order valence-corrected chi connectivity index (χ0v) is 15.3. The minimum atomic E-state index is -0.108. The van der Waals surface area contributed by atoms with Crippen LogP contribution in [0.25, 0.3) is 6.08 Å². The molecule has 0 radical (unpaired) electrons. The van der Waals surface area contributed by atoms with Gasteiger partial charge in [0, 0.05) is 0 Å². The van der Waals surface area contributed by atoms with Crippen LogP contribution in [0.3, 0.4) is 0 Å². The third kappa shape index (κ3) is 3.52. The van der Waals surface area contributed by atoms with Crippen molar-refractivity contribution in [3.8, 4) is 5.75 Å². The van der Waals surface area contributed by atoms with Crippen molar-refractivity contribution >= 4 is 56.2 Å². The highest BCUT2D eigenvalue weighted by atomic mass is 79.9. The summed E-state index contributed by atoms with van der Waals surface area (Å²) in [7, 11) is 1.61. The molecule has 0 atom stereocenters. The van der Waals surface area contributed by atoms with E-state index in [-0.39, 0.29) is 5.91 Å². The molecule has 1 amide bonds. The van der Waals surface area contributed by atoms with Crippen LogP contribution in [0.2, 0.25) is 0 Å². The van der Waals surface area contributed by atoms with Gasteiger partial charge in [0.1, 0.15) is 15.8 Å². The van der Waals surface area contributed by atoms with Crippen molar-refractivity contribution in [3.63, 3.8) is 0 Å². The predicted molar refractivity (Wildman–Crippen MR) is 98.1 cm³/mol. The fraction of sp³-hybridized carbons (Fsp3) is 0.125. The molecule has 0 saturated carbocycles. The largest absolute Gasteiger partial charge is 0.496 e. The number of rotatable bonds is 4. The smallest absolute Gasteiger partial charge is 0.266 e. The van der Waals surface area contributed by atoms with Crippen LogP contribution < -0.4 is 4.74 Å². The number of amides is 1. The maximum Gasteiger partial charge on any atom is 0.266 e. The summed E-state index contributed by atoms with van der Waals surface area (Å²) < 4.78 is 11.9.